The maximum atomic E-state index is 12.1. The topological polar surface area (TPSA) is 99.4 Å². The summed E-state index contributed by atoms with van der Waals surface area (Å²) in [5.41, 5.74) is 14.5. The number of methoxy groups -OCH3 is 1. The molecular weight excluding hydrogens is 512 g/mol. The number of nitrogens with zero attached hydrogens (tertiary/aromatic N) is 3. The lowest BCUT2D eigenvalue weighted by atomic mass is 9.96. The van der Waals surface area contributed by atoms with Crippen LogP contribution in [0.4, 0.5) is 0 Å². The lowest BCUT2D eigenvalue weighted by molar-refractivity contribution is -0.140. The molecule has 6 rings (SSSR count). The second-order valence-electron chi connectivity index (χ2n) is 11.2. The molecule has 0 spiro atoms. The number of aliphatic hydroxyl groups excluding tert-OH is 1. The van der Waals surface area contributed by atoms with E-state index in [-0.39, 0.29) is 12.4 Å². The van der Waals surface area contributed by atoms with Crippen LogP contribution in [0.2, 0.25) is 0 Å². The number of aromatic amines is 1. The highest BCUT2D eigenvalue weighted by Crippen LogP contribution is 2.44. The van der Waals surface area contributed by atoms with Crippen molar-refractivity contribution in [2.75, 3.05) is 7.11 Å². The first-order valence-electron chi connectivity index (χ1n) is 14.4. The Labute approximate surface area is 240 Å². The van der Waals surface area contributed by atoms with E-state index in [4.69, 9.17) is 19.7 Å². The van der Waals surface area contributed by atoms with E-state index in [1.54, 1.807) is 0 Å². The van der Waals surface area contributed by atoms with E-state index >= 15 is 0 Å². The molecule has 5 heterocycles. The van der Waals surface area contributed by atoms with Crippen LogP contribution in [0.5, 0.6) is 0 Å². The van der Waals surface area contributed by atoms with E-state index in [1.165, 1.54) is 29.4 Å². The Kier molecular flexibility index (Phi) is 6.56. The largest absolute Gasteiger partial charge is 0.511 e. The molecule has 7 heteroatoms. The van der Waals surface area contributed by atoms with Gasteiger partial charge in [0.1, 0.15) is 5.76 Å². The number of carbonyl (C=O) groups is 1. The van der Waals surface area contributed by atoms with Gasteiger partial charge < -0.3 is 14.8 Å². The first-order valence-corrected chi connectivity index (χ1v) is 14.4. The van der Waals surface area contributed by atoms with Crippen molar-refractivity contribution in [2.45, 2.75) is 73.6 Å². The van der Waals surface area contributed by atoms with Gasteiger partial charge in [-0.1, -0.05) is 13.8 Å². The number of aliphatic hydroxyl groups is 1. The number of carbonyl (C=O) groups excluding carboxylic acids is 1. The van der Waals surface area contributed by atoms with Gasteiger partial charge in [-0.15, -0.1) is 0 Å². The van der Waals surface area contributed by atoms with Gasteiger partial charge in [-0.25, -0.2) is 15.0 Å². The number of fused-ring (bicyclic) bond motifs is 5. The van der Waals surface area contributed by atoms with Gasteiger partial charge in [0, 0.05) is 34.7 Å². The number of esters is 1. The fourth-order valence-electron chi connectivity index (χ4n) is 6.58. The minimum Gasteiger partial charge on any atom is -0.511 e. The second-order valence-corrected chi connectivity index (χ2v) is 11.2. The van der Waals surface area contributed by atoms with E-state index in [0.717, 1.165) is 85.6 Å². The lowest BCUT2D eigenvalue weighted by Gasteiger charge is -2.09. The Morgan fingerprint density at radius 1 is 0.927 bits per heavy atom. The molecule has 0 saturated carbocycles. The Balaban J connectivity index is 1.67. The summed E-state index contributed by atoms with van der Waals surface area (Å²) in [7, 11) is 1.41. The van der Waals surface area contributed by atoms with E-state index in [0.29, 0.717) is 18.6 Å². The average molecular weight is 549 g/mol. The van der Waals surface area contributed by atoms with Gasteiger partial charge in [0.2, 0.25) is 0 Å². The Hall–Kier alpha value is -4.26. The minimum atomic E-state index is -0.262. The van der Waals surface area contributed by atoms with Gasteiger partial charge >= 0.3 is 5.97 Å². The van der Waals surface area contributed by atoms with Crippen LogP contribution >= 0.6 is 0 Å². The number of nitrogens with one attached hydrogen (secondary N) is 1. The van der Waals surface area contributed by atoms with Crippen molar-refractivity contribution in [1.29, 1.82) is 0 Å². The summed E-state index contributed by atoms with van der Waals surface area (Å²) in [6.45, 7) is 12.7. The standard InChI is InChI=1S/C34H36N4O3/c1-8-20-16(3)24-13-26-18(5)22(10-11-31(40)41-7)33(37-26)23-12-30(39)32-19(6)27(38-34(23)32)15-29-21(9-2)17(4)25(36-29)14-28(20)35-24/h13-15,35,39H,8-12H2,1-7H3. The molecule has 4 aliphatic heterocycles. The summed E-state index contributed by atoms with van der Waals surface area (Å²) < 4.78 is 4.95. The molecule has 0 aromatic carbocycles. The molecule has 0 amide bonds. The number of H-pyrrole nitrogens is 1. The highest BCUT2D eigenvalue weighted by Gasteiger charge is 2.37. The number of allylic oxidation sites excluding steroid dienone is 8. The van der Waals surface area contributed by atoms with Crippen molar-refractivity contribution in [1.82, 2.24) is 4.98 Å². The van der Waals surface area contributed by atoms with Crippen LogP contribution in [0, 0.1) is 6.92 Å². The smallest absolute Gasteiger partial charge is 0.305 e. The van der Waals surface area contributed by atoms with Crippen molar-refractivity contribution in [2.24, 2.45) is 15.0 Å². The van der Waals surface area contributed by atoms with Crippen molar-refractivity contribution in [3.63, 3.8) is 0 Å². The normalized spacial score (nSPS) is 19.6. The van der Waals surface area contributed by atoms with Crippen LogP contribution in [0.1, 0.15) is 71.4 Å². The van der Waals surface area contributed by atoms with Gasteiger partial charge in [0.25, 0.3) is 0 Å². The zero-order chi connectivity index (χ0) is 29.2. The molecule has 5 aliphatic rings. The van der Waals surface area contributed by atoms with Gasteiger partial charge in [0.05, 0.1) is 41.3 Å². The number of aromatic nitrogens is 1. The molecule has 210 valence electrons. The third-order valence-electron chi connectivity index (χ3n) is 8.98. The maximum Gasteiger partial charge on any atom is 0.305 e. The summed E-state index contributed by atoms with van der Waals surface area (Å²) in [6.07, 6.45) is 9.18. The Morgan fingerprint density at radius 2 is 1.63 bits per heavy atom. The summed E-state index contributed by atoms with van der Waals surface area (Å²) in [4.78, 5) is 31.1. The number of ether oxygens (including phenoxy) is 1. The minimum absolute atomic E-state index is 0.252. The van der Waals surface area contributed by atoms with Gasteiger partial charge in [-0.05, 0) is 104 Å². The molecule has 7 nitrogen and oxygen atoms in total. The molecule has 41 heavy (non-hydrogen) atoms. The number of rotatable bonds is 5. The van der Waals surface area contributed by atoms with E-state index in [2.05, 4.69) is 57.8 Å². The van der Waals surface area contributed by atoms with Gasteiger partial charge in [-0.3, -0.25) is 4.79 Å². The molecule has 0 fully saturated rings. The molecule has 2 N–H and O–H groups in total. The van der Waals surface area contributed by atoms with Crippen LogP contribution in [0.25, 0.3) is 12.2 Å². The first kappa shape index (κ1) is 26.9. The molecule has 0 radical (unpaired) electrons. The van der Waals surface area contributed by atoms with Gasteiger partial charge in [0.15, 0.2) is 0 Å². The van der Waals surface area contributed by atoms with Crippen molar-refractivity contribution in [3.8, 4) is 0 Å². The Bertz CT molecular complexity index is 1860. The van der Waals surface area contributed by atoms with Crippen LogP contribution in [0.3, 0.4) is 0 Å². The molecule has 0 atom stereocenters. The van der Waals surface area contributed by atoms with E-state index in [9.17, 15) is 9.90 Å². The van der Waals surface area contributed by atoms with Crippen LogP contribution in [-0.4, -0.2) is 40.3 Å². The second kappa shape index (κ2) is 9.98. The highest BCUT2D eigenvalue weighted by molar-refractivity contribution is 6.26. The summed E-state index contributed by atoms with van der Waals surface area (Å²) in [5.74, 6) is 0.0437. The number of aliphatic imine (C=N–C) groups is 3. The zero-order valence-corrected chi connectivity index (χ0v) is 24.9. The van der Waals surface area contributed by atoms with Crippen LogP contribution in [-0.2, 0) is 16.0 Å². The lowest BCUT2D eigenvalue weighted by Crippen LogP contribution is -2.15. The van der Waals surface area contributed by atoms with E-state index in [1.807, 2.05) is 6.92 Å². The predicted molar refractivity (Wildman–Crippen MR) is 164 cm³/mol. The molecule has 0 saturated heterocycles. The molecular formula is C34H36N4O3. The van der Waals surface area contributed by atoms with Crippen LogP contribution in [0.15, 0.2) is 82.9 Å². The Morgan fingerprint density at radius 3 is 2.34 bits per heavy atom. The monoisotopic (exact) mass is 548 g/mol. The van der Waals surface area contributed by atoms with Crippen molar-refractivity contribution < 1.29 is 14.6 Å². The SMILES string of the molecule is CCC1=C(C)C2=NC1=CC1=C(C)C3=C(O)CC(=C4N=C(C=c5[nH]c(c(CC)c5C)=C2)C(C)=C4CCC(=O)OC)C3=N1. The first-order chi connectivity index (χ1) is 19.7. The average Bonchev–Trinajstić information content (AvgIpc) is 3.70. The molecule has 1 aliphatic carbocycles. The number of hydrogen-bond acceptors (Lipinski definition) is 6. The van der Waals surface area contributed by atoms with Crippen molar-refractivity contribution >= 4 is 35.3 Å². The quantitative estimate of drug-likeness (QED) is 0.479. The number of hydrogen-bond donors (Lipinski definition) is 2. The molecule has 1 aromatic rings. The fraction of sp³-hybridized carbons (Fsp3) is 0.353. The molecule has 8 bridgehead atoms. The maximum absolute atomic E-state index is 12.1. The van der Waals surface area contributed by atoms with E-state index < -0.39 is 0 Å². The molecule has 1 aromatic heterocycles. The molecule has 0 unspecified atom stereocenters. The third kappa shape index (κ3) is 4.17. The summed E-state index contributed by atoms with van der Waals surface area (Å²) in [5, 5.41) is 13.2. The fourth-order valence-corrected chi connectivity index (χ4v) is 6.58. The zero-order valence-electron chi connectivity index (χ0n) is 24.9. The summed E-state index contributed by atoms with van der Waals surface area (Å²) in [6, 6.07) is 0. The van der Waals surface area contributed by atoms with Crippen molar-refractivity contribution in [3.05, 3.63) is 89.8 Å². The third-order valence-corrected chi connectivity index (χ3v) is 8.98. The van der Waals surface area contributed by atoms with Gasteiger partial charge in [-0.2, -0.15) is 0 Å². The summed E-state index contributed by atoms with van der Waals surface area (Å²) >= 11 is 0. The highest BCUT2D eigenvalue weighted by atomic mass is 16.5. The predicted octanol–water partition coefficient (Wildman–Crippen LogP) is 5.45. The van der Waals surface area contributed by atoms with Crippen LogP contribution < -0.4 is 10.7 Å².